The van der Waals surface area contributed by atoms with E-state index in [-0.39, 0.29) is 24.3 Å². The van der Waals surface area contributed by atoms with Crippen molar-refractivity contribution >= 4 is 11.4 Å². The summed E-state index contributed by atoms with van der Waals surface area (Å²) in [7, 11) is 0. The Bertz CT molecular complexity index is 924. The van der Waals surface area contributed by atoms with E-state index in [1.165, 1.54) is 0 Å². The number of nitro groups is 2. The lowest BCUT2D eigenvalue weighted by Crippen LogP contribution is -2.08. The van der Waals surface area contributed by atoms with Crippen molar-refractivity contribution in [2.24, 2.45) is 0 Å². The van der Waals surface area contributed by atoms with Gasteiger partial charge in [-0.1, -0.05) is 0 Å². The summed E-state index contributed by atoms with van der Waals surface area (Å²) in [5, 5.41) is 40.5. The average Bonchev–Trinajstić information content (AvgIpc) is 2.55. The second-order valence-corrected chi connectivity index (χ2v) is 5.29. The molecule has 0 unspecified atom stereocenters. The molecule has 29 heavy (non-hydrogen) atoms. The molecule has 0 radical (unpaired) electrons. The van der Waals surface area contributed by atoms with Gasteiger partial charge in [0.2, 0.25) is 11.5 Å². The van der Waals surface area contributed by atoms with E-state index >= 15 is 0 Å². The van der Waals surface area contributed by atoms with Crippen LogP contribution in [0.25, 0.3) is 0 Å². The van der Waals surface area contributed by atoms with Crippen molar-refractivity contribution in [1.29, 1.82) is 0 Å². The molecular formula is C14H6F6N2O7. The van der Waals surface area contributed by atoms with Gasteiger partial charge in [0.25, 0.3) is 0 Å². The number of alkyl halides is 6. The van der Waals surface area contributed by atoms with Crippen LogP contribution in [-0.2, 0) is 12.4 Å². The zero-order chi connectivity index (χ0) is 22.3. The van der Waals surface area contributed by atoms with Crippen molar-refractivity contribution in [3.8, 4) is 23.0 Å². The lowest BCUT2D eigenvalue weighted by Gasteiger charge is -2.14. The van der Waals surface area contributed by atoms with Gasteiger partial charge in [-0.15, -0.1) is 0 Å². The van der Waals surface area contributed by atoms with E-state index in [1.54, 1.807) is 0 Å². The largest absolute Gasteiger partial charge is 0.502 e. The van der Waals surface area contributed by atoms with Crippen molar-refractivity contribution in [3.63, 3.8) is 0 Å². The van der Waals surface area contributed by atoms with Gasteiger partial charge in [-0.3, -0.25) is 20.2 Å². The molecule has 0 amide bonds. The maximum Gasteiger partial charge on any atom is 0.420 e. The Morgan fingerprint density at radius 3 is 1.28 bits per heavy atom. The summed E-state index contributed by atoms with van der Waals surface area (Å²) in [4.78, 5) is 18.9. The maximum absolute atomic E-state index is 12.9. The van der Waals surface area contributed by atoms with E-state index < -0.39 is 67.7 Å². The van der Waals surface area contributed by atoms with E-state index in [9.17, 15) is 56.8 Å². The number of halogens is 6. The smallest absolute Gasteiger partial charge is 0.420 e. The molecule has 0 heterocycles. The van der Waals surface area contributed by atoms with Gasteiger partial charge in [-0.2, -0.15) is 26.3 Å². The number of rotatable bonds is 4. The van der Waals surface area contributed by atoms with Gasteiger partial charge in [0.15, 0.2) is 0 Å². The molecule has 15 heteroatoms. The second kappa shape index (κ2) is 6.99. The Morgan fingerprint density at radius 1 is 0.724 bits per heavy atom. The van der Waals surface area contributed by atoms with Crippen LogP contribution in [0.4, 0.5) is 37.7 Å². The Balaban J connectivity index is 2.68. The van der Waals surface area contributed by atoms with Gasteiger partial charge in [-0.05, 0) is 12.1 Å². The number of ether oxygens (including phenoxy) is 1. The van der Waals surface area contributed by atoms with Crippen LogP contribution < -0.4 is 4.74 Å². The molecule has 0 aliphatic heterocycles. The Hall–Kier alpha value is -3.78. The fourth-order valence-corrected chi connectivity index (χ4v) is 2.15. The summed E-state index contributed by atoms with van der Waals surface area (Å²) in [5.41, 5.74) is -6.80. The van der Waals surface area contributed by atoms with Gasteiger partial charge < -0.3 is 14.9 Å². The van der Waals surface area contributed by atoms with E-state index in [4.69, 9.17) is 4.74 Å². The highest BCUT2D eigenvalue weighted by atomic mass is 19.4. The quantitative estimate of drug-likeness (QED) is 0.408. The highest BCUT2D eigenvalue weighted by Crippen LogP contribution is 2.46. The normalized spacial score (nSPS) is 11.9. The molecule has 0 aromatic heterocycles. The molecule has 0 saturated carbocycles. The fraction of sp³-hybridized carbons (Fsp3) is 0.143. The Morgan fingerprint density at radius 2 is 1.03 bits per heavy atom. The summed E-state index contributed by atoms with van der Waals surface area (Å²) in [5.74, 6) is -5.62. The number of hydrogen-bond donors (Lipinski definition) is 2. The van der Waals surface area contributed by atoms with E-state index in [0.717, 1.165) is 0 Å². The van der Waals surface area contributed by atoms with Crippen molar-refractivity contribution in [2.75, 3.05) is 0 Å². The summed E-state index contributed by atoms with van der Waals surface area (Å²) < 4.78 is 82.4. The predicted octanol–water partition coefficient (Wildman–Crippen LogP) is 4.74. The third kappa shape index (κ3) is 4.39. The Labute approximate surface area is 154 Å². The van der Waals surface area contributed by atoms with E-state index in [1.807, 2.05) is 0 Å². The van der Waals surface area contributed by atoms with E-state index in [0.29, 0.717) is 0 Å². The van der Waals surface area contributed by atoms with Crippen LogP contribution in [0.3, 0.4) is 0 Å². The minimum atomic E-state index is -5.30. The molecular weight excluding hydrogens is 422 g/mol. The minimum absolute atomic E-state index is 0.0499. The zero-order valence-electron chi connectivity index (χ0n) is 13.4. The molecule has 2 aromatic rings. The van der Waals surface area contributed by atoms with Crippen molar-refractivity contribution in [3.05, 3.63) is 55.6 Å². The molecule has 2 N–H and O–H groups in total. The molecule has 0 saturated heterocycles. The number of hydrogen-bond acceptors (Lipinski definition) is 7. The lowest BCUT2D eigenvalue weighted by atomic mass is 10.1. The van der Waals surface area contributed by atoms with Gasteiger partial charge >= 0.3 is 23.7 Å². The molecule has 2 rings (SSSR count). The van der Waals surface area contributed by atoms with Gasteiger partial charge in [-0.25, -0.2) is 0 Å². The molecule has 9 nitrogen and oxygen atoms in total. The molecule has 156 valence electrons. The first kappa shape index (κ1) is 21.5. The molecule has 0 aliphatic carbocycles. The summed E-state index contributed by atoms with van der Waals surface area (Å²) in [6, 6.07) is 0.648. The monoisotopic (exact) mass is 428 g/mol. The van der Waals surface area contributed by atoms with E-state index in [2.05, 4.69) is 0 Å². The van der Waals surface area contributed by atoms with Crippen LogP contribution in [0, 0.1) is 20.2 Å². The zero-order valence-corrected chi connectivity index (χ0v) is 13.4. The number of aromatic hydroxyl groups is 2. The summed E-state index contributed by atoms with van der Waals surface area (Å²) in [6.45, 7) is 0. The van der Waals surface area contributed by atoms with Crippen LogP contribution in [0.1, 0.15) is 11.1 Å². The molecule has 0 aliphatic rings. The maximum atomic E-state index is 12.9. The van der Waals surface area contributed by atoms with Gasteiger partial charge in [0.1, 0.15) is 22.6 Å². The number of nitro benzene ring substituents is 2. The molecule has 0 fully saturated rings. The Kier molecular flexibility index (Phi) is 5.19. The topological polar surface area (TPSA) is 136 Å². The highest BCUT2D eigenvalue weighted by Gasteiger charge is 2.40. The SMILES string of the molecule is O=[N+]([O-])c1cc(Oc2cc([N+](=O)[O-])c(O)c(C(F)(F)F)c2)cc(C(F)(F)F)c1O. The molecule has 0 atom stereocenters. The first-order valence-electron chi connectivity index (χ1n) is 6.98. The number of benzene rings is 2. The fourth-order valence-electron chi connectivity index (χ4n) is 2.15. The molecule has 0 bridgehead atoms. The first-order chi connectivity index (χ1) is 13.1. The van der Waals surface area contributed by atoms with Crippen LogP contribution in [-0.4, -0.2) is 20.1 Å². The predicted molar refractivity (Wildman–Crippen MR) is 79.6 cm³/mol. The number of phenolic OH excluding ortho intramolecular Hbond substituents is 2. The number of nitrogens with zero attached hydrogens (tertiary/aromatic N) is 2. The first-order valence-corrected chi connectivity index (χ1v) is 6.98. The third-order valence-electron chi connectivity index (χ3n) is 3.37. The van der Waals surface area contributed by atoms with Crippen LogP contribution in [0.15, 0.2) is 24.3 Å². The lowest BCUT2D eigenvalue weighted by molar-refractivity contribution is -0.386. The molecule has 2 aromatic carbocycles. The van der Waals surface area contributed by atoms with Gasteiger partial charge in [0.05, 0.1) is 22.0 Å². The highest BCUT2D eigenvalue weighted by molar-refractivity contribution is 5.59. The summed E-state index contributed by atoms with van der Waals surface area (Å²) in [6.07, 6.45) is -10.6. The molecule has 0 spiro atoms. The van der Waals surface area contributed by atoms with Crippen molar-refractivity contribution in [1.82, 2.24) is 0 Å². The number of phenols is 2. The van der Waals surface area contributed by atoms with Gasteiger partial charge in [0, 0.05) is 0 Å². The third-order valence-corrected chi connectivity index (χ3v) is 3.37. The van der Waals surface area contributed by atoms with Crippen LogP contribution >= 0.6 is 0 Å². The summed E-state index contributed by atoms with van der Waals surface area (Å²) >= 11 is 0. The van der Waals surface area contributed by atoms with Crippen molar-refractivity contribution < 1.29 is 51.1 Å². The average molecular weight is 428 g/mol. The van der Waals surface area contributed by atoms with Crippen LogP contribution in [0.5, 0.6) is 23.0 Å². The van der Waals surface area contributed by atoms with Crippen molar-refractivity contribution in [2.45, 2.75) is 12.4 Å². The standard InChI is InChI=1S/C14H6F6N2O7/c15-13(16,17)7-1-5(3-9(11(7)23)21(25)26)29-6-2-8(14(18,19)20)12(24)10(4-6)22(27)28/h1-4,23-24H. The second-order valence-electron chi connectivity index (χ2n) is 5.29. The van der Waals surface area contributed by atoms with Crippen LogP contribution in [0.2, 0.25) is 0 Å². The minimum Gasteiger partial charge on any atom is -0.502 e.